The van der Waals surface area contributed by atoms with Crippen LogP contribution in [0, 0.1) is 5.92 Å². The van der Waals surface area contributed by atoms with Crippen LogP contribution in [0.25, 0.3) is 0 Å². The van der Waals surface area contributed by atoms with Gasteiger partial charge in [-0.05, 0) is 51.1 Å². The van der Waals surface area contributed by atoms with E-state index >= 15 is 0 Å². The van der Waals surface area contributed by atoms with Gasteiger partial charge in [-0.2, -0.15) is 17.5 Å². The van der Waals surface area contributed by atoms with Crippen molar-refractivity contribution in [3.63, 3.8) is 0 Å². The lowest BCUT2D eigenvalue weighted by molar-refractivity contribution is -0.0494. The Morgan fingerprint density at radius 1 is 1.17 bits per heavy atom. The average molecular weight is 555 g/mol. The van der Waals surface area contributed by atoms with Gasteiger partial charge in [0.25, 0.3) is 0 Å². The Morgan fingerprint density at radius 2 is 1.83 bits per heavy atom. The number of guanidine groups is 1. The van der Waals surface area contributed by atoms with Crippen LogP contribution in [0.1, 0.15) is 39.0 Å². The number of halogens is 4. The summed E-state index contributed by atoms with van der Waals surface area (Å²) in [7, 11) is -3.59. The molecule has 12 heteroatoms. The number of piperidine rings is 2. The first-order chi connectivity index (χ1) is 13.1. The molecule has 2 fully saturated rings. The number of hydrogen-bond donors (Lipinski definition) is 2. The molecule has 0 saturated carbocycles. The largest absolute Gasteiger partial charge is 0.511 e. The summed E-state index contributed by atoms with van der Waals surface area (Å²) in [6, 6.07) is -0.103. The van der Waals surface area contributed by atoms with Crippen LogP contribution in [0.3, 0.4) is 0 Å². The zero-order chi connectivity index (χ0) is 20.8. The van der Waals surface area contributed by atoms with Gasteiger partial charge in [0.1, 0.15) is 0 Å². The molecule has 0 aromatic heterocycles. The Balaban J connectivity index is 0.00000420. The Kier molecular flexibility index (Phi) is 10.9. The smallest absolute Gasteiger partial charge is 0.356 e. The molecule has 0 aromatic rings. The van der Waals surface area contributed by atoms with Crippen molar-refractivity contribution in [2.75, 3.05) is 46.3 Å². The lowest BCUT2D eigenvalue weighted by Crippen LogP contribution is -2.51. The van der Waals surface area contributed by atoms with Crippen LogP contribution in [0.15, 0.2) is 4.99 Å². The van der Waals surface area contributed by atoms with Crippen LogP contribution in [0.2, 0.25) is 0 Å². The van der Waals surface area contributed by atoms with Crippen molar-refractivity contribution in [3.8, 4) is 0 Å². The molecule has 0 amide bonds. The first-order valence-corrected chi connectivity index (χ1v) is 11.3. The summed E-state index contributed by atoms with van der Waals surface area (Å²) in [5.74, 6) is 1.35. The zero-order valence-corrected chi connectivity index (χ0v) is 20.2. The van der Waals surface area contributed by atoms with E-state index < -0.39 is 15.5 Å². The number of alkyl halides is 3. The molecule has 2 aliphatic rings. The van der Waals surface area contributed by atoms with Crippen LogP contribution in [0.5, 0.6) is 0 Å². The van der Waals surface area contributed by atoms with Crippen molar-refractivity contribution in [2.24, 2.45) is 10.9 Å². The monoisotopic (exact) mass is 555 g/mol. The molecule has 2 saturated heterocycles. The van der Waals surface area contributed by atoms with Gasteiger partial charge in [0, 0.05) is 39.3 Å². The third-order valence-electron chi connectivity index (χ3n) is 5.34. The summed E-state index contributed by atoms with van der Waals surface area (Å²) in [5.41, 5.74) is -5.24. The fourth-order valence-corrected chi connectivity index (χ4v) is 4.76. The summed E-state index contributed by atoms with van der Waals surface area (Å²) in [6.45, 7) is 6.06. The molecule has 2 N–H and O–H groups in total. The molecule has 0 aromatic carbocycles. The normalized spacial score (nSPS) is 23.5. The molecule has 2 heterocycles. The highest BCUT2D eigenvalue weighted by atomic mass is 127. The standard InChI is InChI=1S/C17H32F3N5O2S.HI/c1-14-5-3-9-24(13-14)10-4-8-22-16(21-2)23-15-6-11-25(12-7-15)28(26,27)17(18,19)20;/h14-15H,3-13H2,1-2H3,(H2,21,22,23);1H. The third-order valence-corrected chi connectivity index (χ3v) is 6.97. The molecule has 172 valence electrons. The number of nitrogens with zero attached hydrogens (tertiary/aromatic N) is 3. The molecule has 0 aliphatic carbocycles. The summed E-state index contributed by atoms with van der Waals surface area (Å²) >= 11 is 0. The van der Waals surface area contributed by atoms with Crippen molar-refractivity contribution >= 4 is 40.0 Å². The van der Waals surface area contributed by atoms with E-state index in [-0.39, 0.29) is 43.1 Å². The molecular weight excluding hydrogens is 522 g/mol. The Morgan fingerprint density at radius 3 is 2.38 bits per heavy atom. The van der Waals surface area contributed by atoms with Gasteiger partial charge in [-0.15, -0.1) is 24.0 Å². The maximum absolute atomic E-state index is 12.6. The predicted molar refractivity (Wildman–Crippen MR) is 119 cm³/mol. The van der Waals surface area contributed by atoms with Crippen LogP contribution in [-0.2, 0) is 10.0 Å². The number of hydrogen-bond acceptors (Lipinski definition) is 4. The number of sulfonamides is 1. The topological polar surface area (TPSA) is 77.0 Å². The van der Waals surface area contributed by atoms with Gasteiger partial charge in [-0.1, -0.05) is 6.92 Å². The molecule has 29 heavy (non-hydrogen) atoms. The predicted octanol–water partition coefficient (Wildman–Crippen LogP) is 2.21. The van der Waals surface area contributed by atoms with Crippen LogP contribution < -0.4 is 10.6 Å². The van der Waals surface area contributed by atoms with Crippen LogP contribution in [0.4, 0.5) is 13.2 Å². The molecule has 2 aliphatic heterocycles. The molecular formula is C17H33F3IN5O2S. The van der Waals surface area contributed by atoms with E-state index in [4.69, 9.17) is 0 Å². The second-order valence-corrected chi connectivity index (χ2v) is 9.60. The van der Waals surface area contributed by atoms with Crippen molar-refractivity contribution in [1.82, 2.24) is 19.8 Å². The lowest BCUT2D eigenvalue weighted by Gasteiger charge is -2.32. The molecule has 0 radical (unpaired) electrons. The van der Waals surface area contributed by atoms with Gasteiger partial charge >= 0.3 is 15.5 Å². The minimum absolute atomic E-state index is 0. The fourth-order valence-electron chi connectivity index (χ4n) is 3.77. The van der Waals surface area contributed by atoms with E-state index in [0.717, 1.165) is 38.5 Å². The van der Waals surface area contributed by atoms with Gasteiger partial charge in [0.15, 0.2) is 5.96 Å². The average Bonchev–Trinajstić information content (AvgIpc) is 2.63. The van der Waals surface area contributed by atoms with E-state index in [1.54, 1.807) is 7.05 Å². The quantitative estimate of drug-likeness (QED) is 0.228. The Hall–Kier alpha value is -0.340. The third kappa shape index (κ3) is 8.02. The van der Waals surface area contributed by atoms with E-state index in [1.807, 2.05) is 0 Å². The van der Waals surface area contributed by atoms with Crippen molar-refractivity contribution in [3.05, 3.63) is 0 Å². The molecule has 1 unspecified atom stereocenters. The summed E-state index contributed by atoms with van der Waals surface area (Å²) in [5, 5.41) is 6.42. The molecule has 1 atom stereocenters. The Bertz CT molecular complexity index is 625. The number of likely N-dealkylation sites (tertiary alicyclic amines) is 1. The van der Waals surface area contributed by atoms with Gasteiger partial charge in [0.2, 0.25) is 0 Å². The number of nitrogens with one attached hydrogen (secondary N) is 2. The fraction of sp³-hybridized carbons (Fsp3) is 0.941. The van der Waals surface area contributed by atoms with E-state index in [9.17, 15) is 21.6 Å². The maximum atomic E-state index is 12.6. The maximum Gasteiger partial charge on any atom is 0.511 e. The summed E-state index contributed by atoms with van der Waals surface area (Å²) in [6.07, 6.45) is 4.15. The first kappa shape index (κ1) is 26.7. The van der Waals surface area contributed by atoms with Crippen LogP contribution >= 0.6 is 24.0 Å². The highest BCUT2D eigenvalue weighted by molar-refractivity contribution is 14.0. The minimum Gasteiger partial charge on any atom is -0.356 e. The number of aliphatic imine (C=N–C) groups is 1. The van der Waals surface area contributed by atoms with Crippen molar-refractivity contribution in [1.29, 1.82) is 0 Å². The van der Waals surface area contributed by atoms with Crippen molar-refractivity contribution in [2.45, 2.75) is 50.6 Å². The minimum atomic E-state index is -5.24. The Labute approximate surface area is 188 Å². The highest BCUT2D eigenvalue weighted by Gasteiger charge is 2.50. The summed E-state index contributed by atoms with van der Waals surface area (Å²) in [4.78, 5) is 6.63. The van der Waals surface area contributed by atoms with Gasteiger partial charge in [-0.3, -0.25) is 4.99 Å². The first-order valence-electron chi connectivity index (χ1n) is 9.89. The summed E-state index contributed by atoms with van der Waals surface area (Å²) < 4.78 is 61.3. The van der Waals surface area contributed by atoms with Crippen molar-refractivity contribution < 1.29 is 21.6 Å². The molecule has 0 bridgehead atoms. The molecule has 0 spiro atoms. The lowest BCUT2D eigenvalue weighted by atomic mass is 10.0. The second-order valence-electron chi connectivity index (χ2n) is 7.67. The highest BCUT2D eigenvalue weighted by Crippen LogP contribution is 2.28. The van der Waals surface area contributed by atoms with Crippen LogP contribution in [-0.4, -0.2) is 81.4 Å². The van der Waals surface area contributed by atoms with Gasteiger partial charge in [0.05, 0.1) is 0 Å². The van der Waals surface area contributed by atoms with Gasteiger partial charge in [-0.25, -0.2) is 8.42 Å². The SMILES string of the molecule is CN=C(NCCCN1CCCC(C)C1)NC1CCN(S(=O)(=O)C(F)(F)F)CC1.I. The van der Waals surface area contributed by atoms with E-state index in [2.05, 4.69) is 27.4 Å². The molecule has 2 rings (SSSR count). The molecule has 7 nitrogen and oxygen atoms in total. The number of rotatable bonds is 6. The zero-order valence-electron chi connectivity index (χ0n) is 17.0. The second kappa shape index (κ2) is 11.9. The van der Waals surface area contributed by atoms with Gasteiger partial charge < -0.3 is 15.5 Å². The van der Waals surface area contributed by atoms with E-state index in [1.165, 1.54) is 12.8 Å². The van der Waals surface area contributed by atoms with E-state index in [0.29, 0.717) is 23.1 Å².